The SMILES string of the molecule is CC(C)(CC1CCCC(N)C1)OC(N)=O. The Labute approximate surface area is 91.3 Å². The van der Waals surface area contributed by atoms with Crippen LogP contribution in [0.15, 0.2) is 0 Å². The first-order valence-electron chi connectivity index (χ1n) is 5.63. The van der Waals surface area contributed by atoms with E-state index < -0.39 is 11.7 Å². The molecule has 0 aromatic heterocycles. The monoisotopic (exact) mass is 214 g/mol. The first-order valence-corrected chi connectivity index (χ1v) is 5.63. The van der Waals surface area contributed by atoms with Gasteiger partial charge in [-0.05, 0) is 39.0 Å². The van der Waals surface area contributed by atoms with Gasteiger partial charge in [-0.3, -0.25) is 0 Å². The number of nitrogens with two attached hydrogens (primary N) is 2. The number of ether oxygens (including phenoxy) is 1. The van der Waals surface area contributed by atoms with Crippen molar-refractivity contribution in [1.82, 2.24) is 0 Å². The van der Waals surface area contributed by atoms with E-state index in [1.165, 1.54) is 12.8 Å². The van der Waals surface area contributed by atoms with Gasteiger partial charge < -0.3 is 16.2 Å². The molecule has 4 heteroatoms. The van der Waals surface area contributed by atoms with Gasteiger partial charge in [-0.2, -0.15) is 0 Å². The third-order valence-corrected chi connectivity index (χ3v) is 2.98. The predicted octanol–water partition coefficient (Wildman–Crippen LogP) is 1.77. The van der Waals surface area contributed by atoms with Gasteiger partial charge in [0.2, 0.25) is 0 Å². The van der Waals surface area contributed by atoms with E-state index in [2.05, 4.69) is 0 Å². The summed E-state index contributed by atoms with van der Waals surface area (Å²) in [4.78, 5) is 10.7. The lowest BCUT2D eigenvalue weighted by Gasteiger charge is -2.33. The van der Waals surface area contributed by atoms with Gasteiger partial charge in [0.25, 0.3) is 0 Å². The first kappa shape index (κ1) is 12.3. The standard InChI is InChI=1S/C11H22N2O2/c1-11(2,15-10(13)14)7-8-4-3-5-9(12)6-8/h8-9H,3-7,12H2,1-2H3,(H2,13,14). The largest absolute Gasteiger partial charge is 0.444 e. The molecule has 4 nitrogen and oxygen atoms in total. The van der Waals surface area contributed by atoms with Crippen LogP contribution in [0.1, 0.15) is 46.0 Å². The molecule has 2 atom stereocenters. The molecule has 0 radical (unpaired) electrons. The van der Waals surface area contributed by atoms with E-state index in [1.54, 1.807) is 0 Å². The van der Waals surface area contributed by atoms with Crippen LogP contribution in [0.25, 0.3) is 0 Å². The highest BCUT2D eigenvalue weighted by molar-refractivity contribution is 5.65. The molecular weight excluding hydrogens is 192 g/mol. The Kier molecular flexibility index (Phi) is 3.97. The molecule has 1 rings (SSSR count). The molecule has 0 aromatic rings. The molecule has 1 saturated carbocycles. The van der Waals surface area contributed by atoms with E-state index in [9.17, 15) is 4.79 Å². The second-order valence-electron chi connectivity index (χ2n) is 5.18. The molecular formula is C11H22N2O2. The average molecular weight is 214 g/mol. The van der Waals surface area contributed by atoms with Gasteiger partial charge in [0.15, 0.2) is 0 Å². The highest BCUT2D eigenvalue weighted by Gasteiger charge is 2.29. The Hall–Kier alpha value is -0.770. The van der Waals surface area contributed by atoms with Crippen molar-refractivity contribution in [2.24, 2.45) is 17.4 Å². The van der Waals surface area contributed by atoms with Crippen LogP contribution in [0, 0.1) is 5.92 Å². The maximum Gasteiger partial charge on any atom is 0.405 e. The Morgan fingerprint density at radius 2 is 2.13 bits per heavy atom. The highest BCUT2D eigenvalue weighted by Crippen LogP contribution is 2.31. The van der Waals surface area contributed by atoms with Crippen LogP contribution in [-0.2, 0) is 4.74 Å². The number of rotatable bonds is 3. The van der Waals surface area contributed by atoms with Crippen LogP contribution in [0.2, 0.25) is 0 Å². The van der Waals surface area contributed by atoms with E-state index in [4.69, 9.17) is 16.2 Å². The van der Waals surface area contributed by atoms with E-state index in [-0.39, 0.29) is 0 Å². The highest BCUT2D eigenvalue weighted by atomic mass is 16.6. The third kappa shape index (κ3) is 4.51. The lowest BCUT2D eigenvalue weighted by atomic mass is 9.80. The normalized spacial score (nSPS) is 27.4. The Morgan fingerprint density at radius 1 is 1.47 bits per heavy atom. The fourth-order valence-electron chi connectivity index (χ4n) is 2.53. The molecule has 88 valence electrons. The summed E-state index contributed by atoms with van der Waals surface area (Å²) in [6.07, 6.45) is 4.67. The van der Waals surface area contributed by atoms with Crippen molar-refractivity contribution in [2.45, 2.75) is 57.6 Å². The predicted molar refractivity (Wildman–Crippen MR) is 59.3 cm³/mol. The van der Waals surface area contributed by atoms with Crippen LogP contribution in [0.3, 0.4) is 0 Å². The first-order chi connectivity index (χ1) is 6.89. The number of amides is 1. The van der Waals surface area contributed by atoms with Crippen LogP contribution in [-0.4, -0.2) is 17.7 Å². The summed E-state index contributed by atoms with van der Waals surface area (Å²) in [7, 11) is 0. The molecule has 0 saturated heterocycles. The molecule has 0 heterocycles. The molecule has 4 N–H and O–H groups in total. The molecule has 2 unspecified atom stereocenters. The minimum Gasteiger partial charge on any atom is -0.444 e. The topological polar surface area (TPSA) is 78.3 Å². The second kappa shape index (κ2) is 4.84. The Bertz CT molecular complexity index is 229. The number of carbonyl (C=O) groups excluding carboxylic acids is 1. The van der Waals surface area contributed by atoms with Crippen LogP contribution < -0.4 is 11.5 Å². The zero-order valence-corrected chi connectivity index (χ0v) is 9.66. The molecule has 0 bridgehead atoms. The van der Waals surface area contributed by atoms with Crippen molar-refractivity contribution in [3.05, 3.63) is 0 Å². The molecule has 0 aromatic carbocycles. The molecule has 1 aliphatic carbocycles. The van der Waals surface area contributed by atoms with Crippen molar-refractivity contribution >= 4 is 6.09 Å². The fraction of sp³-hybridized carbons (Fsp3) is 0.909. The Balaban J connectivity index is 2.41. The lowest BCUT2D eigenvalue weighted by molar-refractivity contribution is 0.0210. The van der Waals surface area contributed by atoms with Crippen LogP contribution >= 0.6 is 0 Å². The molecule has 0 aliphatic heterocycles. The van der Waals surface area contributed by atoms with E-state index in [1.807, 2.05) is 13.8 Å². The summed E-state index contributed by atoms with van der Waals surface area (Å²) in [5.74, 6) is 0.558. The molecule has 1 amide bonds. The van der Waals surface area contributed by atoms with Gasteiger partial charge in [0.05, 0.1) is 0 Å². The third-order valence-electron chi connectivity index (χ3n) is 2.98. The summed E-state index contributed by atoms with van der Waals surface area (Å²) < 4.78 is 5.07. The Morgan fingerprint density at radius 3 is 2.67 bits per heavy atom. The van der Waals surface area contributed by atoms with Gasteiger partial charge in [-0.25, -0.2) is 4.79 Å². The summed E-state index contributed by atoms with van der Waals surface area (Å²) in [5, 5.41) is 0. The zero-order chi connectivity index (χ0) is 11.5. The second-order valence-corrected chi connectivity index (χ2v) is 5.18. The van der Waals surface area contributed by atoms with Gasteiger partial charge in [0, 0.05) is 6.04 Å². The minimum absolute atomic E-state index is 0.313. The van der Waals surface area contributed by atoms with Gasteiger partial charge in [-0.1, -0.05) is 12.8 Å². The summed E-state index contributed by atoms with van der Waals surface area (Å²) in [5.41, 5.74) is 10.5. The maximum atomic E-state index is 10.7. The number of primary amides is 1. The van der Waals surface area contributed by atoms with Gasteiger partial charge in [-0.15, -0.1) is 0 Å². The summed E-state index contributed by atoms with van der Waals surface area (Å²) in [6.45, 7) is 3.80. The van der Waals surface area contributed by atoms with E-state index in [0.29, 0.717) is 12.0 Å². The van der Waals surface area contributed by atoms with Crippen molar-refractivity contribution in [1.29, 1.82) is 0 Å². The molecule has 1 fully saturated rings. The van der Waals surface area contributed by atoms with Crippen molar-refractivity contribution in [2.75, 3.05) is 0 Å². The average Bonchev–Trinajstić information content (AvgIpc) is 1.99. The summed E-state index contributed by atoms with van der Waals surface area (Å²) >= 11 is 0. The number of hydrogen-bond acceptors (Lipinski definition) is 3. The lowest BCUT2D eigenvalue weighted by Crippen LogP contribution is -2.36. The van der Waals surface area contributed by atoms with Crippen LogP contribution in [0.4, 0.5) is 4.79 Å². The number of carbonyl (C=O) groups is 1. The fourth-order valence-corrected chi connectivity index (χ4v) is 2.53. The number of hydrogen-bond donors (Lipinski definition) is 2. The minimum atomic E-state index is -0.694. The molecule has 15 heavy (non-hydrogen) atoms. The van der Waals surface area contributed by atoms with Crippen molar-refractivity contribution in [3.63, 3.8) is 0 Å². The van der Waals surface area contributed by atoms with Crippen LogP contribution in [0.5, 0.6) is 0 Å². The van der Waals surface area contributed by atoms with Gasteiger partial charge >= 0.3 is 6.09 Å². The smallest absolute Gasteiger partial charge is 0.405 e. The van der Waals surface area contributed by atoms with E-state index in [0.717, 1.165) is 19.3 Å². The van der Waals surface area contributed by atoms with E-state index >= 15 is 0 Å². The van der Waals surface area contributed by atoms with Crippen molar-refractivity contribution in [3.8, 4) is 0 Å². The quantitative estimate of drug-likeness (QED) is 0.751. The molecule has 0 spiro atoms. The summed E-state index contributed by atoms with van der Waals surface area (Å²) in [6, 6.07) is 0.313. The van der Waals surface area contributed by atoms with Gasteiger partial charge in [0.1, 0.15) is 5.60 Å². The van der Waals surface area contributed by atoms with Crippen molar-refractivity contribution < 1.29 is 9.53 Å². The maximum absolute atomic E-state index is 10.7. The molecule has 1 aliphatic rings. The zero-order valence-electron chi connectivity index (χ0n) is 9.66.